The molecule has 0 saturated carbocycles. The Balaban J connectivity index is 1.73. The molecule has 1 aromatic rings. The smallest absolute Gasteiger partial charge is 0.241 e. The minimum atomic E-state index is -0.845. The van der Waals surface area contributed by atoms with E-state index in [1.54, 1.807) is 6.07 Å². The molecule has 3 nitrogen and oxygen atoms in total. The zero-order chi connectivity index (χ0) is 16.4. The molecule has 2 atom stereocenters. The highest BCUT2D eigenvalue weighted by Crippen LogP contribution is 2.35. The Bertz CT molecular complexity index is 683. The van der Waals surface area contributed by atoms with E-state index in [9.17, 15) is 13.6 Å². The Morgan fingerprint density at radius 2 is 2.13 bits per heavy atom. The number of hydrogen-bond acceptors (Lipinski definition) is 3. The third-order valence-electron chi connectivity index (χ3n) is 4.14. The summed E-state index contributed by atoms with van der Waals surface area (Å²) in [7, 11) is 0. The van der Waals surface area contributed by atoms with Crippen LogP contribution in [0, 0.1) is 17.6 Å². The maximum absolute atomic E-state index is 13.5. The lowest BCUT2D eigenvalue weighted by molar-refractivity contribution is -0.123. The van der Waals surface area contributed by atoms with Crippen molar-refractivity contribution in [2.24, 2.45) is 5.92 Å². The number of hydrogen-bond donors (Lipinski definition) is 2. The monoisotopic (exact) mass is 336 g/mol. The maximum atomic E-state index is 13.5. The van der Waals surface area contributed by atoms with Crippen LogP contribution in [0.2, 0.25) is 0 Å². The fraction of sp³-hybridized carbons (Fsp3) is 0.353. The maximum Gasteiger partial charge on any atom is 0.241 e. The summed E-state index contributed by atoms with van der Waals surface area (Å²) in [6.45, 7) is 2.91. The molecule has 2 unspecified atom stereocenters. The van der Waals surface area contributed by atoms with Gasteiger partial charge in [-0.15, -0.1) is 0 Å². The van der Waals surface area contributed by atoms with Crippen molar-refractivity contribution in [3.63, 3.8) is 0 Å². The Labute approximate surface area is 138 Å². The van der Waals surface area contributed by atoms with Crippen molar-refractivity contribution in [1.82, 2.24) is 10.6 Å². The molecule has 0 aliphatic carbocycles. The summed E-state index contributed by atoms with van der Waals surface area (Å²) in [5.41, 5.74) is 1.61. The second-order valence-corrected chi connectivity index (χ2v) is 6.72. The number of carbonyl (C=O) groups is 1. The van der Waals surface area contributed by atoms with Gasteiger partial charge in [-0.25, -0.2) is 8.78 Å². The van der Waals surface area contributed by atoms with Crippen molar-refractivity contribution in [2.75, 3.05) is 6.54 Å². The zero-order valence-electron chi connectivity index (χ0n) is 12.7. The first-order chi connectivity index (χ1) is 11.0. The van der Waals surface area contributed by atoms with Gasteiger partial charge in [0.05, 0.1) is 11.1 Å². The average Bonchev–Trinajstić information content (AvgIpc) is 2.63. The summed E-state index contributed by atoms with van der Waals surface area (Å²) in [6, 6.07) is 3.85. The highest BCUT2D eigenvalue weighted by molar-refractivity contribution is 8.05. The van der Waals surface area contributed by atoms with Gasteiger partial charge >= 0.3 is 0 Å². The van der Waals surface area contributed by atoms with E-state index < -0.39 is 11.6 Å². The van der Waals surface area contributed by atoms with E-state index >= 15 is 0 Å². The van der Waals surface area contributed by atoms with Crippen molar-refractivity contribution in [3.05, 3.63) is 51.9 Å². The molecule has 0 radical (unpaired) electrons. The number of amides is 1. The molecule has 0 bridgehead atoms. The van der Waals surface area contributed by atoms with Crippen molar-refractivity contribution in [2.45, 2.75) is 25.8 Å². The molecule has 3 rings (SSSR count). The van der Waals surface area contributed by atoms with E-state index in [-0.39, 0.29) is 17.9 Å². The van der Waals surface area contributed by atoms with Crippen molar-refractivity contribution < 1.29 is 13.6 Å². The number of nitrogens with one attached hydrogen (secondary N) is 2. The van der Waals surface area contributed by atoms with Crippen LogP contribution in [0.3, 0.4) is 0 Å². The summed E-state index contributed by atoms with van der Waals surface area (Å²) in [5.74, 6) is -1.55. The highest BCUT2D eigenvalue weighted by atomic mass is 32.2. The molecule has 2 aliphatic rings. The predicted molar refractivity (Wildman–Crippen MR) is 88.3 cm³/mol. The lowest BCUT2D eigenvalue weighted by Crippen LogP contribution is -2.52. The molecule has 1 fully saturated rings. The van der Waals surface area contributed by atoms with Gasteiger partial charge in [0.25, 0.3) is 0 Å². The molecule has 0 spiro atoms. The van der Waals surface area contributed by atoms with Crippen molar-refractivity contribution >= 4 is 23.2 Å². The van der Waals surface area contributed by atoms with Crippen LogP contribution < -0.4 is 10.6 Å². The number of rotatable bonds is 3. The first kappa shape index (κ1) is 16.2. The van der Waals surface area contributed by atoms with Crippen LogP contribution >= 0.6 is 11.8 Å². The Hall–Kier alpha value is -1.66. The fourth-order valence-electron chi connectivity index (χ4n) is 2.53. The summed E-state index contributed by atoms with van der Waals surface area (Å²) in [6.07, 6.45) is 3.57. The van der Waals surface area contributed by atoms with Crippen LogP contribution in [0.1, 0.15) is 25.3 Å². The molecule has 0 aromatic heterocycles. The molecule has 122 valence electrons. The number of thioether (sulfide) groups is 1. The first-order valence-corrected chi connectivity index (χ1v) is 8.49. The summed E-state index contributed by atoms with van der Waals surface area (Å²) < 4.78 is 26.6. The van der Waals surface area contributed by atoms with Crippen molar-refractivity contribution in [1.29, 1.82) is 0 Å². The minimum absolute atomic E-state index is 0.0210. The summed E-state index contributed by atoms with van der Waals surface area (Å²) in [5, 5.41) is 8.67. The van der Waals surface area contributed by atoms with Crippen LogP contribution in [-0.4, -0.2) is 18.5 Å². The predicted octanol–water partition coefficient (Wildman–Crippen LogP) is 3.40. The van der Waals surface area contributed by atoms with Crippen molar-refractivity contribution in [3.8, 4) is 0 Å². The second kappa shape index (κ2) is 6.84. The molecule has 1 saturated heterocycles. The first-order valence-electron chi connectivity index (χ1n) is 7.61. The molecule has 2 aliphatic heterocycles. The summed E-state index contributed by atoms with van der Waals surface area (Å²) >= 11 is 1.40. The van der Waals surface area contributed by atoms with Crippen LogP contribution in [0.5, 0.6) is 0 Å². The third kappa shape index (κ3) is 3.64. The van der Waals surface area contributed by atoms with E-state index in [0.717, 1.165) is 36.1 Å². The van der Waals surface area contributed by atoms with Crippen LogP contribution in [0.15, 0.2) is 34.7 Å². The molecule has 1 amide bonds. The topological polar surface area (TPSA) is 41.1 Å². The number of halogens is 2. The standard InChI is InChI=1S/C17H18F2N2OS/c1-10-2-5-16(21-17(22)15-6-7-20-15)23-9-12(10)11-3-4-13(18)14(19)8-11/h3-5,8-10,15,20H,2,6-7H2,1H3,(H,21,22). The largest absolute Gasteiger partial charge is 0.319 e. The molecule has 23 heavy (non-hydrogen) atoms. The van der Waals surface area contributed by atoms with Gasteiger partial charge in [-0.05, 0) is 54.0 Å². The molecular formula is C17H18F2N2OS. The second-order valence-electron chi connectivity index (χ2n) is 5.81. The average molecular weight is 336 g/mol. The van der Waals surface area contributed by atoms with Gasteiger partial charge in [0.2, 0.25) is 5.91 Å². The third-order valence-corrected chi connectivity index (χ3v) is 5.03. The fourth-order valence-corrected chi connectivity index (χ4v) is 3.51. The number of benzene rings is 1. The SMILES string of the molecule is CC1CC=C(NC(=O)C2CCN2)SC=C1c1ccc(F)c(F)c1. The number of carbonyl (C=O) groups excluding carboxylic acids is 1. The quantitative estimate of drug-likeness (QED) is 0.889. The molecular weight excluding hydrogens is 318 g/mol. The summed E-state index contributed by atoms with van der Waals surface area (Å²) in [4.78, 5) is 12.0. The molecule has 6 heteroatoms. The zero-order valence-corrected chi connectivity index (χ0v) is 13.6. The lowest BCUT2D eigenvalue weighted by Gasteiger charge is -2.26. The van der Waals surface area contributed by atoms with E-state index in [1.807, 2.05) is 18.4 Å². The lowest BCUT2D eigenvalue weighted by atomic mass is 9.93. The Morgan fingerprint density at radius 1 is 1.35 bits per heavy atom. The van der Waals surface area contributed by atoms with Gasteiger partial charge in [-0.2, -0.15) is 0 Å². The van der Waals surface area contributed by atoms with Gasteiger partial charge in [-0.1, -0.05) is 30.8 Å². The van der Waals surface area contributed by atoms with E-state index in [2.05, 4.69) is 10.6 Å². The van der Waals surface area contributed by atoms with Crippen LogP contribution in [0.25, 0.3) is 5.57 Å². The molecule has 1 aromatic carbocycles. The van der Waals surface area contributed by atoms with E-state index in [4.69, 9.17) is 0 Å². The van der Waals surface area contributed by atoms with Crippen LogP contribution in [0.4, 0.5) is 8.78 Å². The Kier molecular flexibility index (Phi) is 4.82. The number of allylic oxidation sites excluding steroid dienone is 2. The van der Waals surface area contributed by atoms with Gasteiger partial charge in [0, 0.05) is 0 Å². The van der Waals surface area contributed by atoms with Crippen LogP contribution in [-0.2, 0) is 4.79 Å². The van der Waals surface area contributed by atoms with Gasteiger partial charge in [0.1, 0.15) is 0 Å². The minimum Gasteiger partial charge on any atom is -0.319 e. The molecule has 2 N–H and O–H groups in total. The molecule has 2 heterocycles. The van der Waals surface area contributed by atoms with E-state index in [1.165, 1.54) is 17.8 Å². The van der Waals surface area contributed by atoms with Gasteiger partial charge in [-0.3, -0.25) is 4.79 Å². The normalized spacial score (nSPS) is 24.1. The van der Waals surface area contributed by atoms with E-state index in [0.29, 0.717) is 5.56 Å². The Morgan fingerprint density at radius 3 is 2.78 bits per heavy atom. The van der Waals surface area contributed by atoms with Gasteiger partial charge in [0.15, 0.2) is 11.6 Å². The van der Waals surface area contributed by atoms with Gasteiger partial charge < -0.3 is 10.6 Å². The highest BCUT2D eigenvalue weighted by Gasteiger charge is 2.25.